The Bertz CT molecular complexity index is 503. The minimum Gasteiger partial charge on any atom is -0.394 e. The SMILES string of the molecule is O=C1OC(O)(OS(=O)(=O)O)[C@@](O)([C@H](O)[C@H](O)[C@@H](O)CO)O1. The van der Waals surface area contributed by atoms with Gasteiger partial charge in [-0.2, -0.15) is 12.6 Å². The Morgan fingerprint density at radius 3 is 2.14 bits per heavy atom. The van der Waals surface area contributed by atoms with Crippen LogP contribution in [0.2, 0.25) is 0 Å². The summed E-state index contributed by atoms with van der Waals surface area (Å²) in [6.45, 7) is -1.12. The van der Waals surface area contributed by atoms with Crippen LogP contribution in [0.4, 0.5) is 4.79 Å². The normalized spacial score (nSPS) is 34.0. The molecule has 0 saturated carbocycles. The lowest BCUT2D eigenvalue weighted by molar-refractivity contribution is -0.409. The summed E-state index contributed by atoms with van der Waals surface area (Å²) in [5, 5.41) is 56.0. The molecular formula is C7H12O13S. The van der Waals surface area contributed by atoms with Crippen LogP contribution in [-0.2, 0) is 24.1 Å². The van der Waals surface area contributed by atoms with E-state index in [2.05, 4.69) is 13.7 Å². The van der Waals surface area contributed by atoms with Gasteiger partial charge in [-0.15, -0.1) is 0 Å². The zero-order valence-corrected chi connectivity index (χ0v) is 10.7. The van der Waals surface area contributed by atoms with Crippen LogP contribution < -0.4 is 0 Å². The highest BCUT2D eigenvalue weighted by molar-refractivity contribution is 7.80. The molecule has 0 aliphatic carbocycles. The Hall–Kier alpha value is -1.10. The van der Waals surface area contributed by atoms with Gasteiger partial charge in [0.15, 0.2) is 6.10 Å². The Balaban J connectivity index is 3.18. The van der Waals surface area contributed by atoms with E-state index in [9.17, 15) is 33.6 Å². The van der Waals surface area contributed by atoms with Crippen molar-refractivity contribution in [3.63, 3.8) is 0 Å². The quantitative estimate of drug-likeness (QED) is 0.138. The van der Waals surface area contributed by atoms with Crippen LogP contribution in [0.5, 0.6) is 0 Å². The van der Waals surface area contributed by atoms with Crippen LogP contribution in [0, 0.1) is 0 Å². The molecule has 1 heterocycles. The number of hydrogen-bond acceptors (Lipinski definition) is 12. The van der Waals surface area contributed by atoms with Crippen molar-refractivity contribution in [2.75, 3.05) is 6.61 Å². The maximum Gasteiger partial charge on any atom is 0.515 e. The molecule has 1 aliphatic heterocycles. The second kappa shape index (κ2) is 5.59. The predicted molar refractivity (Wildman–Crippen MR) is 55.2 cm³/mol. The van der Waals surface area contributed by atoms with Gasteiger partial charge in [0.2, 0.25) is 0 Å². The smallest absolute Gasteiger partial charge is 0.394 e. The zero-order valence-electron chi connectivity index (χ0n) is 9.93. The van der Waals surface area contributed by atoms with Crippen LogP contribution in [0.1, 0.15) is 0 Å². The van der Waals surface area contributed by atoms with Crippen molar-refractivity contribution >= 4 is 16.6 Å². The molecule has 5 atom stereocenters. The molecule has 14 heteroatoms. The fourth-order valence-corrected chi connectivity index (χ4v) is 1.85. The third-order valence-electron chi connectivity index (χ3n) is 2.44. The van der Waals surface area contributed by atoms with Gasteiger partial charge < -0.3 is 40.1 Å². The van der Waals surface area contributed by atoms with Crippen molar-refractivity contribution < 1.29 is 62.1 Å². The number of aliphatic hydroxyl groups is 6. The largest absolute Gasteiger partial charge is 0.515 e. The highest BCUT2D eigenvalue weighted by Gasteiger charge is 2.72. The molecule has 1 aliphatic rings. The summed E-state index contributed by atoms with van der Waals surface area (Å²) < 4.78 is 40.8. The molecule has 0 amide bonds. The van der Waals surface area contributed by atoms with Gasteiger partial charge in [0.05, 0.1) is 6.61 Å². The Kier molecular flexibility index (Phi) is 4.78. The van der Waals surface area contributed by atoms with E-state index in [0.717, 1.165) is 0 Å². The van der Waals surface area contributed by atoms with Crippen LogP contribution in [0.3, 0.4) is 0 Å². The van der Waals surface area contributed by atoms with Crippen molar-refractivity contribution in [2.45, 2.75) is 30.1 Å². The molecule has 0 spiro atoms. The van der Waals surface area contributed by atoms with Crippen molar-refractivity contribution in [1.29, 1.82) is 0 Å². The summed E-state index contributed by atoms with van der Waals surface area (Å²) in [5.74, 6) is -7.72. The first kappa shape index (κ1) is 18.0. The van der Waals surface area contributed by atoms with Gasteiger partial charge in [-0.1, -0.05) is 0 Å². The standard InChI is InChI=1S/C7H12O13S/c8-1-2(9)3(10)4(11)6(13)7(14,19-5(12)18-6)20-21(15,16)17/h2-4,8-11,13-14H,1H2,(H,15,16,17)/t2-,3+,4+,6+,7?/m0/s1. The average Bonchev–Trinajstić information content (AvgIpc) is 2.54. The number of aliphatic hydroxyl groups excluding tert-OH is 4. The summed E-state index contributed by atoms with van der Waals surface area (Å²) in [7, 11) is -5.52. The highest BCUT2D eigenvalue weighted by atomic mass is 32.3. The number of rotatable bonds is 6. The van der Waals surface area contributed by atoms with Crippen LogP contribution in [-0.4, -0.2) is 86.4 Å². The zero-order chi connectivity index (χ0) is 16.6. The molecule has 21 heavy (non-hydrogen) atoms. The molecule has 124 valence electrons. The molecule has 1 rings (SSSR count). The van der Waals surface area contributed by atoms with Gasteiger partial charge in [0.25, 0.3) is 0 Å². The maximum atomic E-state index is 10.9. The molecule has 0 radical (unpaired) electrons. The number of carbonyl (C=O) groups is 1. The maximum absolute atomic E-state index is 10.9. The molecule has 0 bridgehead atoms. The highest BCUT2D eigenvalue weighted by Crippen LogP contribution is 2.39. The molecule has 0 aromatic carbocycles. The molecule has 0 aromatic heterocycles. The van der Waals surface area contributed by atoms with Gasteiger partial charge >= 0.3 is 28.3 Å². The summed E-state index contributed by atoms with van der Waals surface area (Å²) in [6.07, 6.45) is -9.27. The Labute approximate surface area is 116 Å². The first-order valence-corrected chi connectivity index (χ1v) is 6.42. The van der Waals surface area contributed by atoms with E-state index in [-0.39, 0.29) is 0 Å². The number of carbonyl (C=O) groups excluding carboxylic acids is 1. The first-order valence-electron chi connectivity index (χ1n) is 5.06. The van der Waals surface area contributed by atoms with Gasteiger partial charge in [-0.3, -0.25) is 4.55 Å². The van der Waals surface area contributed by atoms with Gasteiger partial charge in [-0.25, -0.2) is 4.79 Å². The molecule has 13 nitrogen and oxygen atoms in total. The fraction of sp³-hybridized carbons (Fsp3) is 0.857. The molecule has 1 saturated heterocycles. The van der Waals surface area contributed by atoms with Crippen LogP contribution in [0.25, 0.3) is 0 Å². The lowest BCUT2D eigenvalue weighted by Gasteiger charge is -2.35. The molecule has 1 fully saturated rings. The van der Waals surface area contributed by atoms with Crippen molar-refractivity contribution in [3.05, 3.63) is 0 Å². The summed E-state index contributed by atoms with van der Waals surface area (Å²) in [5.41, 5.74) is 0. The average molecular weight is 336 g/mol. The van der Waals surface area contributed by atoms with E-state index >= 15 is 0 Å². The minimum atomic E-state index is -5.52. The summed E-state index contributed by atoms with van der Waals surface area (Å²) in [6, 6.07) is 0. The third-order valence-corrected chi connectivity index (χ3v) is 2.87. The Morgan fingerprint density at radius 2 is 1.71 bits per heavy atom. The van der Waals surface area contributed by atoms with E-state index in [1.54, 1.807) is 0 Å². The topological polar surface area (TPSA) is 221 Å². The molecule has 7 N–H and O–H groups in total. The summed E-state index contributed by atoms with van der Waals surface area (Å²) in [4.78, 5) is 10.9. The van der Waals surface area contributed by atoms with Crippen molar-refractivity contribution in [1.82, 2.24) is 0 Å². The first-order chi connectivity index (χ1) is 9.36. The summed E-state index contributed by atoms with van der Waals surface area (Å²) >= 11 is 0. The second-order valence-corrected chi connectivity index (χ2v) is 4.95. The van der Waals surface area contributed by atoms with E-state index in [0.29, 0.717) is 0 Å². The van der Waals surface area contributed by atoms with Gasteiger partial charge in [-0.05, 0) is 0 Å². The van der Waals surface area contributed by atoms with Gasteiger partial charge in [0.1, 0.15) is 12.2 Å². The van der Waals surface area contributed by atoms with E-state index in [4.69, 9.17) is 14.8 Å². The lowest BCUT2D eigenvalue weighted by Crippen LogP contribution is -2.65. The minimum absolute atomic E-state index is 1.12. The second-order valence-electron chi connectivity index (χ2n) is 3.93. The van der Waals surface area contributed by atoms with Gasteiger partial charge in [0, 0.05) is 0 Å². The fourth-order valence-electron chi connectivity index (χ4n) is 1.42. The number of cyclic esters (lactones) is 2. The number of hydrogen-bond donors (Lipinski definition) is 7. The number of ether oxygens (including phenoxy) is 2. The van der Waals surface area contributed by atoms with Crippen LogP contribution in [0.15, 0.2) is 0 Å². The van der Waals surface area contributed by atoms with Crippen molar-refractivity contribution in [2.24, 2.45) is 0 Å². The molecule has 0 aromatic rings. The molecule has 1 unspecified atom stereocenters. The molecular weight excluding hydrogens is 324 g/mol. The monoisotopic (exact) mass is 336 g/mol. The lowest BCUT2D eigenvalue weighted by atomic mass is 9.98. The van der Waals surface area contributed by atoms with Crippen molar-refractivity contribution in [3.8, 4) is 0 Å². The van der Waals surface area contributed by atoms with E-state index in [1.165, 1.54) is 0 Å². The van der Waals surface area contributed by atoms with Crippen LogP contribution >= 0.6 is 0 Å². The predicted octanol–water partition coefficient (Wildman–Crippen LogP) is -4.62. The van der Waals surface area contributed by atoms with E-state index in [1.807, 2.05) is 0 Å². The Morgan fingerprint density at radius 1 is 1.19 bits per heavy atom. The third kappa shape index (κ3) is 3.39. The van der Waals surface area contributed by atoms with E-state index < -0.39 is 53.2 Å².